The number of halogens is 1. The van der Waals surface area contributed by atoms with Crippen LogP contribution in [-0.4, -0.2) is 70.2 Å². The second kappa shape index (κ2) is 7.82. The molecule has 1 aromatic rings. The molecule has 26 heavy (non-hydrogen) atoms. The molecule has 7 nitrogen and oxygen atoms in total. The van der Waals surface area contributed by atoms with Crippen molar-refractivity contribution in [3.05, 3.63) is 28.8 Å². The van der Waals surface area contributed by atoms with Gasteiger partial charge in [0.15, 0.2) is 6.29 Å². The maximum atomic E-state index is 13.0. The van der Waals surface area contributed by atoms with Gasteiger partial charge in [0.05, 0.1) is 28.7 Å². The Morgan fingerprint density at radius 2 is 1.96 bits per heavy atom. The highest BCUT2D eigenvalue weighted by atomic mass is 35.5. The number of likely N-dealkylation sites (tertiary alicyclic amines) is 1. The van der Waals surface area contributed by atoms with E-state index < -0.39 is 10.0 Å². The lowest BCUT2D eigenvalue weighted by atomic mass is 9.96. The van der Waals surface area contributed by atoms with E-state index in [4.69, 9.17) is 21.1 Å². The number of ether oxygens (including phenoxy) is 2. The van der Waals surface area contributed by atoms with E-state index in [9.17, 15) is 13.2 Å². The van der Waals surface area contributed by atoms with Gasteiger partial charge in [0.1, 0.15) is 0 Å². The van der Waals surface area contributed by atoms with Crippen molar-refractivity contribution >= 4 is 27.5 Å². The molecular weight excluding hydrogens is 380 g/mol. The van der Waals surface area contributed by atoms with Crippen LogP contribution in [0.4, 0.5) is 0 Å². The van der Waals surface area contributed by atoms with Crippen molar-refractivity contribution in [1.82, 2.24) is 9.21 Å². The van der Waals surface area contributed by atoms with Crippen LogP contribution in [0.25, 0.3) is 0 Å². The minimum absolute atomic E-state index is 0.0475. The summed E-state index contributed by atoms with van der Waals surface area (Å²) in [5, 5.41) is 0.239. The van der Waals surface area contributed by atoms with Crippen molar-refractivity contribution in [2.75, 3.05) is 40.4 Å². The van der Waals surface area contributed by atoms with Gasteiger partial charge in [-0.25, -0.2) is 12.7 Å². The van der Waals surface area contributed by atoms with Gasteiger partial charge in [-0.15, -0.1) is 0 Å². The molecule has 0 spiro atoms. The normalized spacial score (nSPS) is 22.2. The molecule has 0 radical (unpaired) electrons. The number of sulfonamides is 1. The van der Waals surface area contributed by atoms with Crippen LogP contribution in [0.2, 0.25) is 5.02 Å². The lowest BCUT2D eigenvalue weighted by Gasteiger charge is -2.35. The molecule has 2 fully saturated rings. The Labute approximate surface area is 158 Å². The molecule has 0 aliphatic carbocycles. The van der Waals surface area contributed by atoms with Gasteiger partial charge in [-0.05, 0) is 31.0 Å². The maximum Gasteiger partial charge on any atom is 0.255 e. The van der Waals surface area contributed by atoms with Crippen molar-refractivity contribution in [3.63, 3.8) is 0 Å². The zero-order chi connectivity index (χ0) is 18.9. The molecule has 1 aromatic carbocycles. The largest absolute Gasteiger partial charge is 0.350 e. The van der Waals surface area contributed by atoms with E-state index in [1.54, 1.807) is 4.90 Å². The highest BCUT2D eigenvalue weighted by Crippen LogP contribution is 2.28. The van der Waals surface area contributed by atoms with Crippen molar-refractivity contribution in [2.45, 2.75) is 24.0 Å². The third-order valence-electron chi connectivity index (χ3n) is 4.72. The summed E-state index contributed by atoms with van der Waals surface area (Å²) in [6.07, 6.45) is 1.49. The van der Waals surface area contributed by atoms with Crippen LogP contribution in [0, 0.1) is 5.92 Å². The predicted molar refractivity (Wildman–Crippen MR) is 96.6 cm³/mol. The van der Waals surface area contributed by atoms with Crippen LogP contribution in [0.3, 0.4) is 0 Å². The third kappa shape index (κ3) is 3.89. The number of hydrogen-bond donors (Lipinski definition) is 0. The van der Waals surface area contributed by atoms with Gasteiger partial charge in [0.2, 0.25) is 10.0 Å². The molecule has 0 bridgehead atoms. The van der Waals surface area contributed by atoms with Gasteiger partial charge >= 0.3 is 0 Å². The van der Waals surface area contributed by atoms with E-state index in [-0.39, 0.29) is 33.6 Å². The number of benzene rings is 1. The standard InChI is InChI=1S/C17H23ClN2O5S/c1-19(2)26(22,23)13-5-6-15(18)14(10-13)16(21)20-7-3-4-12(11-20)17-24-8-9-25-17/h5-6,10,12,17H,3-4,7-9,11H2,1-2H3. The second-order valence-corrected chi connectivity index (χ2v) is 9.25. The minimum Gasteiger partial charge on any atom is -0.350 e. The van der Waals surface area contributed by atoms with Crippen molar-refractivity contribution in [1.29, 1.82) is 0 Å². The second-order valence-electron chi connectivity index (χ2n) is 6.69. The highest BCUT2D eigenvalue weighted by Gasteiger charge is 2.34. The number of piperidine rings is 1. The maximum absolute atomic E-state index is 13.0. The monoisotopic (exact) mass is 402 g/mol. The molecule has 1 atom stereocenters. The highest BCUT2D eigenvalue weighted by molar-refractivity contribution is 7.89. The molecule has 1 unspecified atom stereocenters. The van der Waals surface area contributed by atoms with Gasteiger partial charge < -0.3 is 14.4 Å². The van der Waals surface area contributed by atoms with E-state index in [0.29, 0.717) is 26.3 Å². The Bertz CT molecular complexity index is 777. The van der Waals surface area contributed by atoms with Crippen LogP contribution >= 0.6 is 11.6 Å². The molecule has 2 aliphatic rings. The topological polar surface area (TPSA) is 76.2 Å². The summed E-state index contributed by atoms with van der Waals surface area (Å²) in [4.78, 5) is 14.7. The zero-order valence-corrected chi connectivity index (χ0v) is 16.4. The number of carbonyl (C=O) groups excluding carboxylic acids is 1. The van der Waals surface area contributed by atoms with Crippen LogP contribution in [-0.2, 0) is 19.5 Å². The Morgan fingerprint density at radius 3 is 2.62 bits per heavy atom. The van der Waals surface area contributed by atoms with Crippen molar-refractivity contribution in [2.24, 2.45) is 5.92 Å². The van der Waals surface area contributed by atoms with Crippen molar-refractivity contribution in [3.8, 4) is 0 Å². The molecule has 3 rings (SSSR count). The number of rotatable bonds is 4. The fourth-order valence-corrected chi connectivity index (χ4v) is 4.40. The number of amides is 1. The summed E-state index contributed by atoms with van der Waals surface area (Å²) in [6.45, 7) is 2.25. The number of nitrogens with zero attached hydrogens (tertiary/aromatic N) is 2. The fraction of sp³-hybridized carbons (Fsp3) is 0.588. The van der Waals surface area contributed by atoms with E-state index in [2.05, 4.69) is 0 Å². The van der Waals surface area contributed by atoms with E-state index in [0.717, 1.165) is 17.1 Å². The van der Waals surface area contributed by atoms with Crippen LogP contribution in [0.1, 0.15) is 23.2 Å². The molecule has 9 heteroatoms. The first kappa shape index (κ1) is 19.6. The molecule has 0 N–H and O–H groups in total. The first-order valence-corrected chi connectivity index (χ1v) is 10.4. The average molecular weight is 403 g/mol. The van der Waals surface area contributed by atoms with Crippen LogP contribution < -0.4 is 0 Å². The Morgan fingerprint density at radius 1 is 1.27 bits per heavy atom. The molecule has 1 amide bonds. The summed E-state index contributed by atoms with van der Waals surface area (Å²) in [6, 6.07) is 4.22. The van der Waals surface area contributed by atoms with E-state index in [1.807, 2.05) is 0 Å². The Kier molecular flexibility index (Phi) is 5.88. The molecular formula is C17H23ClN2O5S. The molecule has 0 aromatic heterocycles. The van der Waals surface area contributed by atoms with Gasteiger partial charge in [0.25, 0.3) is 5.91 Å². The summed E-state index contributed by atoms with van der Waals surface area (Å²) in [7, 11) is -0.747. The fourth-order valence-electron chi connectivity index (χ4n) is 3.28. The number of carbonyl (C=O) groups is 1. The lowest BCUT2D eigenvalue weighted by Crippen LogP contribution is -2.44. The molecule has 0 saturated carbocycles. The number of hydrogen-bond acceptors (Lipinski definition) is 5. The SMILES string of the molecule is CN(C)S(=O)(=O)c1ccc(Cl)c(C(=O)N2CCCC(C3OCCO3)C2)c1. The molecule has 2 aliphatic heterocycles. The van der Waals surface area contributed by atoms with E-state index >= 15 is 0 Å². The quantitative estimate of drug-likeness (QED) is 0.767. The van der Waals surface area contributed by atoms with Gasteiger partial charge in [0, 0.05) is 33.1 Å². The first-order chi connectivity index (χ1) is 12.3. The van der Waals surface area contributed by atoms with Gasteiger partial charge in [-0.2, -0.15) is 0 Å². The van der Waals surface area contributed by atoms with Crippen molar-refractivity contribution < 1.29 is 22.7 Å². The summed E-state index contributed by atoms with van der Waals surface area (Å²) in [5.74, 6) is -0.156. The Hall–Kier alpha value is -1.19. The summed E-state index contributed by atoms with van der Waals surface area (Å²) < 4.78 is 36.9. The predicted octanol–water partition coefficient (Wildman–Crippen LogP) is 1.82. The van der Waals surface area contributed by atoms with E-state index in [1.165, 1.54) is 32.3 Å². The first-order valence-electron chi connectivity index (χ1n) is 8.55. The summed E-state index contributed by atoms with van der Waals surface area (Å²) >= 11 is 6.20. The van der Waals surface area contributed by atoms with Gasteiger partial charge in [-0.1, -0.05) is 11.6 Å². The van der Waals surface area contributed by atoms with Gasteiger partial charge in [-0.3, -0.25) is 4.79 Å². The lowest BCUT2D eigenvalue weighted by molar-refractivity contribution is -0.0969. The smallest absolute Gasteiger partial charge is 0.255 e. The average Bonchev–Trinajstić information content (AvgIpc) is 3.16. The molecule has 2 heterocycles. The zero-order valence-electron chi connectivity index (χ0n) is 14.9. The minimum atomic E-state index is -3.64. The molecule has 144 valence electrons. The summed E-state index contributed by atoms with van der Waals surface area (Å²) in [5.41, 5.74) is 0.198. The van der Waals surface area contributed by atoms with Crippen LogP contribution in [0.15, 0.2) is 23.1 Å². The van der Waals surface area contributed by atoms with Crippen LogP contribution in [0.5, 0.6) is 0 Å². The molecule has 2 saturated heterocycles. The Balaban J connectivity index is 1.82. The third-order valence-corrected chi connectivity index (χ3v) is 6.87.